The van der Waals surface area contributed by atoms with Crippen molar-refractivity contribution in [3.8, 4) is 78.6 Å². The number of hydrogen-bond donors (Lipinski definition) is 0. The minimum absolute atomic E-state index is 0.116. The first-order valence-electron chi connectivity index (χ1n) is 29.0. The molecule has 4 heteroatoms. The van der Waals surface area contributed by atoms with Crippen molar-refractivity contribution in [2.45, 2.75) is 72.9 Å². The van der Waals surface area contributed by atoms with Crippen molar-refractivity contribution in [1.29, 1.82) is 0 Å². The molecule has 0 aliphatic carbocycles. The Kier molecular flexibility index (Phi) is 7.05. The van der Waals surface area contributed by atoms with E-state index in [1.54, 1.807) is 19.2 Å². The summed E-state index contributed by atoms with van der Waals surface area (Å²) in [6.07, 6.45) is 1.42. The minimum Gasteiger partial charge on any atom is -0.496 e. The van der Waals surface area contributed by atoms with Crippen LogP contribution in [0.2, 0.25) is 0 Å². The molecule has 0 N–H and O–H groups in total. The molecule has 0 saturated carbocycles. The molecule has 64 heavy (non-hydrogen) atoms. The van der Waals surface area contributed by atoms with Crippen molar-refractivity contribution < 1.29 is 26.7 Å². The molecule has 4 nitrogen and oxygen atoms in total. The largest absolute Gasteiger partial charge is 0.496 e. The van der Waals surface area contributed by atoms with Gasteiger partial charge in [0, 0.05) is 39.3 Å². The van der Waals surface area contributed by atoms with Crippen molar-refractivity contribution in [3.63, 3.8) is 0 Å². The van der Waals surface area contributed by atoms with E-state index < -0.39 is 68.0 Å². The lowest BCUT2D eigenvalue weighted by Gasteiger charge is -2.22. The maximum absolute atomic E-state index is 9.16. The number of rotatable bonds is 8. The van der Waals surface area contributed by atoms with Crippen LogP contribution in [0.3, 0.4) is 0 Å². The van der Waals surface area contributed by atoms with E-state index in [0.717, 1.165) is 33.4 Å². The lowest BCUT2D eigenvalue weighted by atomic mass is 9.83. The molecule has 0 aliphatic heterocycles. The van der Waals surface area contributed by atoms with E-state index in [0.29, 0.717) is 61.8 Å². The van der Waals surface area contributed by atoms with E-state index in [1.165, 1.54) is 12.3 Å². The Morgan fingerprint density at radius 3 is 1.94 bits per heavy atom. The molecular formula is C60H57N3O. The summed E-state index contributed by atoms with van der Waals surface area (Å²) >= 11 is 0. The number of fused-ring (bicyclic) bond motifs is 1. The summed E-state index contributed by atoms with van der Waals surface area (Å²) in [7, 11) is 1.62. The molecule has 0 fully saturated rings. The average Bonchev–Trinajstić information content (AvgIpc) is 3.15. The second kappa shape index (κ2) is 16.6. The third-order valence-corrected chi connectivity index (χ3v) is 11.5. The first-order chi connectivity index (χ1) is 37.3. The van der Waals surface area contributed by atoms with Crippen molar-refractivity contribution in [2.75, 3.05) is 7.11 Å². The van der Waals surface area contributed by atoms with E-state index in [1.807, 2.05) is 123 Å². The molecule has 7 aromatic carbocycles. The third-order valence-electron chi connectivity index (χ3n) is 11.5. The van der Waals surface area contributed by atoms with Crippen LogP contribution < -0.4 is 4.74 Å². The summed E-state index contributed by atoms with van der Waals surface area (Å²) in [6, 6.07) is 37.7. The smallest absolute Gasteiger partial charge is 0.149 e. The highest BCUT2D eigenvalue weighted by molar-refractivity contribution is 5.98. The first kappa shape index (κ1) is 27.2. The van der Waals surface area contributed by atoms with Crippen LogP contribution in [0.4, 0.5) is 0 Å². The van der Waals surface area contributed by atoms with Crippen LogP contribution in [0.1, 0.15) is 91.1 Å². The van der Waals surface area contributed by atoms with Gasteiger partial charge >= 0.3 is 0 Å². The maximum atomic E-state index is 9.16. The van der Waals surface area contributed by atoms with Gasteiger partial charge in [0.25, 0.3) is 0 Å². The maximum Gasteiger partial charge on any atom is 0.149 e. The van der Waals surface area contributed by atoms with Gasteiger partial charge in [0.15, 0.2) is 0 Å². The quantitative estimate of drug-likeness (QED) is 0.153. The Balaban J connectivity index is 1.32. The molecule has 0 saturated heterocycles. The number of aryl methyl sites for hydroxylation is 3. The van der Waals surface area contributed by atoms with Crippen molar-refractivity contribution in [3.05, 3.63) is 192 Å². The number of nitrogens with zero attached hydrogens (tertiary/aromatic N) is 3. The Bertz CT molecular complexity index is 3810. The second-order valence-electron chi connectivity index (χ2n) is 17.2. The zero-order valence-electron chi connectivity index (χ0n) is 52.5. The summed E-state index contributed by atoms with van der Waals surface area (Å²) in [4.78, 5) is 10.3. The molecule has 2 heterocycles. The van der Waals surface area contributed by atoms with Crippen molar-refractivity contribution >= 4 is 11.0 Å². The van der Waals surface area contributed by atoms with Gasteiger partial charge in [-0.15, -0.1) is 0 Å². The topological polar surface area (TPSA) is 39.9 Å². The molecule has 0 aliphatic rings. The summed E-state index contributed by atoms with van der Waals surface area (Å²) in [5.74, 6) is 1.12. The van der Waals surface area contributed by atoms with Crippen LogP contribution in [-0.4, -0.2) is 21.6 Å². The van der Waals surface area contributed by atoms with E-state index in [9.17, 15) is 0 Å². The minimum atomic E-state index is -3.82. The van der Waals surface area contributed by atoms with Crippen molar-refractivity contribution in [1.82, 2.24) is 14.5 Å². The Morgan fingerprint density at radius 2 is 1.27 bits per heavy atom. The number of ether oxygens (including phenoxy) is 1. The highest BCUT2D eigenvalue weighted by Crippen LogP contribution is 2.44. The number of hydrogen-bond acceptors (Lipinski definition) is 3. The number of imidazole rings is 1. The van der Waals surface area contributed by atoms with Gasteiger partial charge in [-0.2, -0.15) is 0 Å². The molecular weight excluding hydrogens is 779 g/mol. The summed E-state index contributed by atoms with van der Waals surface area (Å²) in [6.45, 7) is -3.83. The second-order valence-corrected chi connectivity index (χ2v) is 17.2. The molecule has 9 rings (SSSR count). The molecule has 0 amide bonds. The normalized spacial score (nSPS) is 16.3. The zero-order chi connectivity index (χ0) is 58.4. The van der Waals surface area contributed by atoms with E-state index in [4.69, 9.17) is 36.6 Å². The average molecular weight is 852 g/mol. The molecule has 0 bridgehead atoms. The summed E-state index contributed by atoms with van der Waals surface area (Å²) in [5, 5.41) is 0. The van der Waals surface area contributed by atoms with Crippen molar-refractivity contribution in [2.24, 2.45) is 0 Å². The molecule has 0 atom stereocenters. The van der Waals surface area contributed by atoms with Crippen LogP contribution in [0, 0.1) is 20.7 Å². The fourth-order valence-corrected chi connectivity index (χ4v) is 8.38. The standard InChI is InChI=1S/C60H57N3O/c1-38-30-40(3)57(64-10)52(31-38)58-62-56-49(22-17-23-54(56)63(58)55-37-50(42-18-13-11-14-19-42)39(2)32-51(55)43-20-15-12-16-21-43)45-33-46(35-48(34-45)60(7,8)9)53-36-44(28-29-61-53)41-24-26-47(27-25-41)59(4,5)6/h11-37H,1-10H3/i2D3,4D3,5D3,6D3,24D,25D,26D,27D. The van der Waals surface area contributed by atoms with Gasteiger partial charge < -0.3 is 4.74 Å². The van der Waals surface area contributed by atoms with Gasteiger partial charge in [-0.1, -0.05) is 150 Å². The first-order valence-corrected chi connectivity index (χ1v) is 21.0. The number of benzene rings is 7. The van der Waals surface area contributed by atoms with Crippen LogP contribution in [0.25, 0.3) is 83.9 Å². The SMILES string of the molecule is [2H]c1c([2H])c(C(C([2H])([2H])[2H])(C([2H])([2H])[2H])C([2H])([2H])[2H])c([2H])c([2H])c1-c1ccnc(-c2cc(-c3cccc4c3nc(-c3cc(C)cc(C)c3OC)n4-c3cc(-c4ccccc4)c(C([2H])([2H])[2H])cc3-c3ccccc3)cc(C(C)(C)C)c2)c1. The van der Waals surface area contributed by atoms with Gasteiger partial charge in [-0.25, -0.2) is 4.98 Å². The predicted octanol–water partition coefficient (Wildman–Crippen LogP) is 16.0. The molecule has 318 valence electrons. The Labute approximate surface area is 401 Å². The third kappa shape index (κ3) is 8.05. The van der Waals surface area contributed by atoms with Gasteiger partial charge in [0.05, 0.1) is 40.6 Å². The molecule has 0 radical (unpaired) electrons. The number of pyridine rings is 1. The van der Waals surface area contributed by atoms with Crippen LogP contribution in [0.5, 0.6) is 5.75 Å². The van der Waals surface area contributed by atoms with Crippen LogP contribution >= 0.6 is 0 Å². The summed E-state index contributed by atoms with van der Waals surface area (Å²) in [5.41, 5.74) is 4.87. The van der Waals surface area contributed by atoms with E-state index >= 15 is 0 Å². The summed E-state index contributed by atoms with van der Waals surface area (Å²) < 4.78 is 145. The van der Waals surface area contributed by atoms with Crippen LogP contribution in [-0.2, 0) is 10.8 Å². The lowest BCUT2D eigenvalue weighted by Crippen LogP contribution is -2.11. The molecule has 0 spiro atoms. The molecule has 2 aromatic heterocycles. The number of aromatic nitrogens is 3. The highest BCUT2D eigenvalue weighted by Gasteiger charge is 2.26. The van der Waals surface area contributed by atoms with Crippen LogP contribution in [0.15, 0.2) is 164 Å². The van der Waals surface area contributed by atoms with E-state index in [2.05, 4.69) is 31.4 Å². The fourth-order valence-electron chi connectivity index (χ4n) is 8.38. The molecule has 0 unspecified atom stereocenters. The van der Waals surface area contributed by atoms with Gasteiger partial charge in [0.2, 0.25) is 0 Å². The van der Waals surface area contributed by atoms with Gasteiger partial charge in [0.1, 0.15) is 11.6 Å². The van der Waals surface area contributed by atoms with E-state index in [-0.39, 0.29) is 16.7 Å². The molecule has 9 aromatic rings. The highest BCUT2D eigenvalue weighted by atomic mass is 16.5. The fraction of sp³-hybridized carbons (Fsp3) is 0.200. The Hall–Kier alpha value is -7.04. The number of para-hydroxylation sites is 1. The zero-order valence-corrected chi connectivity index (χ0v) is 36.5. The number of methoxy groups -OCH3 is 1. The monoisotopic (exact) mass is 852 g/mol. The predicted molar refractivity (Wildman–Crippen MR) is 270 cm³/mol. The Morgan fingerprint density at radius 1 is 0.562 bits per heavy atom. The van der Waals surface area contributed by atoms with Gasteiger partial charge in [-0.3, -0.25) is 9.55 Å². The lowest BCUT2D eigenvalue weighted by molar-refractivity contribution is 0.413. The van der Waals surface area contributed by atoms with Gasteiger partial charge in [-0.05, 0) is 141 Å².